The van der Waals surface area contributed by atoms with E-state index in [1.807, 2.05) is 0 Å². The second kappa shape index (κ2) is 6.72. The molecule has 1 N–H and O–H groups in total. The van der Waals surface area contributed by atoms with E-state index < -0.39 is 0 Å². The summed E-state index contributed by atoms with van der Waals surface area (Å²) in [5, 5.41) is 3.62. The van der Waals surface area contributed by atoms with E-state index in [4.69, 9.17) is 4.74 Å². The molecule has 1 fully saturated rings. The highest BCUT2D eigenvalue weighted by molar-refractivity contribution is 4.96. The molecule has 3 heteroatoms. The molecule has 0 radical (unpaired) electrons. The molecule has 1 atom stereocenters. The summed E-state index contributed by atoms with van der Waals surface area (Å²) >= 11 is 0. The zero-order chi connectivity index (χ0) is 12.9. The predicted molar refractivity (Wildman–Crippen MR) is 73.4 cm³/mol. The molecule has 1 unspecified atom stereocenters. The van der Waals surface area contributed by atoms with E-state index in [-0.39, 0.29) is 0 Å². The Morgan fingerprint density at radius 3 is 2.53 bits per heavy atom. The first-order valence-corrected chi connectivity index (χ1v) is 7.14. The fourth-order valence-electron chi connectivity index (χ4n) is 2.74. The van der Waals surface area contributed by atoms with Crippen LogP contribution in [0.1, 0.15) is 47.5 Å². The molecule has 0 aromatic heterocycles. The fourth-order valence-corrected chi connectivity index (χ4v) is 2.74. The highest BCUT2D eigenvalue weighted by Crippen LogP contribution is 2.26. The standard InChI is InChI=1S/C14H30N2O/c1-6-14(7-2)11-15-13(5)10-16(14)8-9-17-12(3)4/h12-13,15H,6-11H2,1-5H3. The highest BCUT2D eigenvalue weighted by atomic mass is 16.5. The van der Waals surface area contributed by atoms with Gasteiger partial charge in [-0.05, 0) is 33.6 Å². The van der Waals surface area contributed by atoms with Gasteiger partial charge in [0.15, 0.2) is 0 Å². The van der Waals surface area contributed by atoms with E-state index in [2.05, 4.69) is 44.8 Å². The summed E-state index contributed by atoms with van der Waals surface area (Å²) in [6.45, 7) is 15.3. The zero-order valence-electron chi connectivity index (χ0n) is 12.3. The second-order valence-electron chi connectivity index (χ2n) is 5.58. The Morgan fingerprint density at radius 1 is 1.35 bits per heavy atom. The molecule has 1 aliphatic heterocycles. The van der Waals surface area contributed by atoms with Crippen molar-refractivity contribution in [3.63, 3.8) is 0 Å². The van der Waals surface area contributed by atoms with Gasteiger partial charge in [-0.2, -0.15) is 0 Å². The number of hydrogen-bond donors (Lipinski definition) is 1. The van der Waals surface area contributed by atoms with Crippen molar-refractivity contribution in [1.29, 1.82) is 0 Å². The molecular weight excluding hydrogens is 212 g/mol. The molecule has 0 bridgehead atoms. The molecule has 0 spiro atoms. The van der Waals surface area contributed by atoms with Crippen LogP contribution in [0.15, 0.2) is 0 Å². The topological polar surface area (TPSA) is 24.5 Å². The highest BCUT2D eigenvalue weighted by Gasteiger charge is 2.37. The summed E-state index contributed by atoms with van der Waals surface area (Å²) < 4.78 is 5.70. The van der Waals surface area contributed by atoms with Crippen molar-refractivity contribution in [1.82, 2.24) is 10.2 Å². The van der Waals surface area contributed by atoms with E-state index in [1.165, 1.54) is 12.8 Å². The van der Waals surface area contributed by atoms with Crippen LogP contribution in [-0.2, 0) is 4.74 Å². The number of hydrogen-bond acceptors (Lipinski definition) is 3. The number of nitrogens with zero attached hydrogens (tertiary/aromatic N) is 1. The minimum Gasteiger partial charge on any atom is -0.377 e. The zero-order valence-corrected chi connectivity index (χ0v) is 12.3. The summed E-state index contributed by atoms with van der Waals surface area (Å²) in [6.07, 6.45) is 2.77. The number of nitrogens with one attached hydrogen (secondary N) is 1. The van der Waals surface area contributed by atoms with Gasteiger partial charge in [-0.15, -0.1) is 0 Å². The van der Waals surface area contributed by atoms with Crippen molar-refractivity contribution in [3.8, 4) is 0 Å². The largest absolute Gasteiger partial charge is 0.377 e. The van der Waals surface area contributed by atoms with Gasteiger partial charge in [-0.25, -0.2) is 0 Å². The van der Waals surface area contributed by atoms with Crippen LogP contribution in [0.3, 0.4) is 0 Å². The van der Waals surface area contributed by atoms with Crippen molar-refractivity contribution < 1.29 is 4.74 Å². The fraction of sp³-hybridized carbons (Fsp3) is 1.00. The smallest absolute Gasteiger partial charge is 0.0597 e. The van der Waals surface area contributed by atoms with Crippen LogP contribution >= 0.6 is 0 Å². The molecule has 0 aromatic carbocycles. The number of piperazine rings is 1. The van der Waals surface area contributed by atoms with Gasteiger partial charge in [0, 0.05) is 31.2 Å². The first kappa shape index (κ1) is 14.9. The Bertz CT molecular complexity index is 214. The lowest BCUT2D eigenvalue weighted by atomic mass is 9.87. The monoisotopic (exact) mass is 242 g/mol. The predicted octanol–water partition coefficient (Wildman–Crippen LogP) is 2.26. The summed E-state index contributed by atoms with van der Waals surface area (Å²) in [5.74, 6) is 0. The van der Waals surface area contributed by atoms with Gasteiger partial charge < -0.3 is 10.1 Å². The van der Waals surface area contributed by atoms with Crippen LogP contribution in [0, 0.1) is 0 Å². The average Bonchev–Trinajstić information content (AvgIpc) is 2.30. The molecule has 0 saturated carbocycles. The van der Waals surface area contributed by atoms with Crippen molar-refractivity contribution >= 4 is 0 Å². The third-order valence-electron chi connectivity index (χ3n) is 4.07. The molecule has 0 aliphatic carbocycles. The van der Waals surface area contributed by atoms with E-state index in [0.717, 1.165) is 26.2 Å². The van der Waals surface area contributed by atoms with Crippen molar-refractivity contribution in [2.75, 3.05) is 26.2 Å². The Hall–Kier alpha value is -0.120. The van der Waals surface area contributed by atoms with Gasteiger partial charge in [0.2, 0.25) is 0 Å². The van der Waals surface area contributed by atoms with Crippen LogP contribution in [0.25, 0.3) is 0 Å². The molecule has 1 rings (SSSR count). The molecule has 3 nitrogen and oxygen atoms in total. The molecule has 102 valence electrons. The Labute approximate surface area is 107 Å². The van der Waals surface area contributed by atoms with Gasteiger partial charge in [-0.1, -0.05) is 13.8 Å². The lowest BCUT2D eigenvalue weighted by molar-refractivity contribution is -0.00560. The quantitative estimate of drug-likeness (QED) is 0.773. The Kier molecular flexibility index (Phi) is 5.90. The van der Waals surface area contributed by atoms with Crippen LogP contribution in [0.4, 0.5) is 0 Å². The molecule has 17 heavy (non-hydrogen) atoms. The van der Waals surface area contributed by atoms with Crippen molar-refractivity contribution in [2.45, 2.75) is 65.1 Å². The van der Waals surface area contributed by atoms with Crippen LogP contribution in [0.2, 0.25) is 0 Å². The maximum absolute atomic E-state index is 5.70. The normalized spacial score (nSPS) is 25.4. The van der Waals surface area contributed by atoms with Gasteiger partial charge >= 0.3 is 0 Å². The van der Waals surface area contributed by atoms with Crippen LogP contribution in [-0.4, -0.2) is 48.8 Å². The minimum absolute atomic E-state index is 0.340. The summed E-state index contributed by atoms with van der Waals surface area (Å²) in [4.78, 5) is 2.64. The van der Waals surface area contributed by atoms with E-state index >= 15 is 0 Å². The maximum atomic E-state index is 5.70. The lowest BCUT2D eigenvalue weighted by Gasteiger charge is -2.49. The summed E-state index contributed by atoms with van der Waals surface area (Å²) in [6, 6.07) is 0.597. The second-order valence-corrected chi connectivity index (χ2v) is 5.58. The minimum atomic E-state index is 0.340. The maximum Gasteiger partial charge on any atom is 0.0597 e. The molecule has 1 aliphatic rings. The van der Waals surface area contributed by atoms with E-state index in [0.29, 0.717) is 17.7 Å². The molecule has 0 aromatic rings. The lowest BCUT2D eigenvalue weighted by Crippen LogP contribution is -2.64. The summed E-state index contributed by atoms with van der Waals surface area (Å²) in [5.41, 5.74) is 0.340. The van der Waals surface area contributed by atoms with Gasteiger partial charge in [0.1, 0.15) is 0 Å². The third-order valence-corrected chi connectivity index (χ3v) is 4.07. The van der Waals surface area contributed by atoms with Gasteiger partial charge in [0.25, 0.3) is 0 Å². The molecule has 1 heterocycles. The first-order chi connectivity index (χ1) is 8.04. The van der Waals surface area contributed by atoms with Crippen molar-refractivity contribution in [2.24, 2.45) is 0 Å². The number of rotatable bonds is 6. The van der Waals surface area contributed by atoms with E-state index in [1.54, 1.807) is 0 Å². The average molecular weight is 242 g/mol. The Morgan fingerprint density at radius 2 is 2.00 bits per heavy atom. The van der Waals surface area contributed by atoms with Gasteiger partial charge in [-0.3, -0.25) is 4.90 Å². The van der Waals surface area contributed by atoms with Gasteiger partial charge in [0.05, 0.1) is 12.7 Å². The molecule has 0 amide bonds. The van der Waals surface area contributed by atoms with Crippen LogP contribution in [0.5, 0.6) is 0 Å². The third kappa shape index (κ3) is 3.94. The van der Waals surface area contributed by atoms with E-state index in [9.17, 15) is 0 Å². The summed E-state index contributed by atoms with van der Waals surface area (Å²) in [7, 11) is 0. The number of ether oxygens (including phenoxy) is 1. The first-order valence-electron chi connectivity index (χ1n) is 7.14. The SMILES string of the molecule is CCC1(CC)CNC(C)CN1CCOC(C)C. The van der Waals surface area contributed by atoms with Crippen molar-refractivity contribution in [3.05, 3.63) is 0 Å². The Balaban J connectivity index is 2.55. The molecular formula is C14H30N2O. The van der Waals surface area contributed by atoms with Crippen LogP contribution < -0.4 is 5.32 Å². The molecule has 1 saturated heterocycles.